The molecule has 40 heavy (non-hydrogen) atoms. The zero-order valence-electron chi connectivity index (χ0n) is 23.1. The van der Waals surface area contributed by atoms with E-state index in [1.54, 1.807) is 73.7 Å². The molecular formula is C33H38O6S. The van der Waals surface area contributed by atoms with E-state index in [1.165, 1.54) is 0 Å². The first-order valence-corrected chi connectivity index (χ1v) is 14.4. The lowest BCUT2D eigenvalue weighted by Gasteiger charge is -2.11. The van der Waals surface area contributed by atoms with Crippen molar-refractivity contribution in [2.75, 3.05) is 19.0 Å². The average molecular weight is 563 g/mol. The van der Waals surface area contributed by atoms with Crippen molar-refractivity contribution < 1.29 is 28.5 Å². The van der Waals surface area contributed by atoms with Gasteiger partial charge in [0.05, 0.1) is 24.3 Å². The fourth-order valence-electron chi connectivity index (χ4n) is 3.84. The Morgan fingerprint density at radius 2 is 1.23 bits per heavy atom. The second-order valence-corrected chi connectivity index (χ2v) is 9.82. The summed E-state index contributed by atoms with van der Waals surface area (Å²) < 4.78 is 22.5. The number of allylic oxidation sites excluding steroid dienone is 1. The maximum atomic E-state index is 12.7. The number of benzene rings is 3. The van der Waals surface area contributed by atoms with Crippen LogP contribution in [0.15, 0.2) is 79.4 Å². The van der Waals surface area contributed by atoms with Crippen molar-refractivity contribution in [2.24, 2.45) is 0 Å². The number of hydrogen-bond donors (Lipinski definition) is 1. The molecule has 0 spiro atoms. The van der Waals surface area contributed by atoms with E-state index in [0.29, 0.717) is 47.2 Å². The summed E-state index contributed by atoms with van der Waals surface area (Å²) in [5, 5.41) is 0. The van der Waals surface area contributed by atoms with Gasteiger partial charge in [0.25, 0.3) is 0 Å². The van der Waals surface area contributed by atoms with Crippen LogP contribution in [0.5, 0.6) is 23.0 Å². The SMILES string of the molecule is C=CCCCCOc1ccc(C(=O)Oc2ccc(OC(=O)c3ccc(OCCCCCCS)cc3)c(C)c2)cc1. The molecule has 0 aliphatic carbocycles. The second-order valence-electron chi connectivity index (χ2n) is 9.37. The van der Waals surface area contributed by atoms with Crippen LogP contribution >= 0.6 is 12.6 Å². The summed E-state index contributed by atoms with van der Waals surface area (Å²) in [7, 11) is 0. The topological polar surface area (TPSA) is 71.1 Å². The Kier molecular flexibility index (Phi) is 13.2. The Balaban J connectivity index is 1.47. The Morgan fingerprint density at radius 3 is 1.77 bits per heavy atom. The molecule has 3 rings (SSSR count). The maximum Gasteiger partial charge on any atom is 0.343 e. The molecule has 0 atom stereocenters. The van der Waals surface area contributed by atoms with Crippen LogP contribution in [0.2, 0.25) is 0 Å². The first-order chi connectivity index (χ1) is 19.5. The van der Waals surface area contributed by atoms with Crippen LogP contribution in [-0.2, 0) is 0 Å². The molecule has 7 heteroatoms. The Morgan fingerprint density at radius 1 is 0.700 bits per heavy atom. The van der Waals surface area contributed by atoms with E-state index in [-0.39, 0.29) is 0 Å². The largest absolute Gasteiger partial charge is 0.494 e. The van der Waals surface area contributed by atoms with E-state index >= 15 is 0 Å². The molecule has 212 valence electrons. The van der Waals surface area contributed by atoms with Crippen LogP contribution in [0.4, 0.5) is 0 Å². The molecular weight excluding hydrogens is 524 g/mol. The van der Waals surface area contributed by atoms with E-state index in [1.807, 2.05) is 6.08 Å². The summed E-state index contributed by atoms with van der Waals surface area (Å²) in [6.45, 7) is 6.76. The number of thiol groups is 1. The summed E-state index contributed by atoms with van der Waals surface area (Å²) >= 11 is 4.22. The van der Waals surface area contributed by atoms with Gasteiger partial charge in [0.1, 0.15) is 23.0 Å². The summed E-state index contributed by atoms with van der Waals surface area (Å²) in [6.07, 6.45) is 9.22. The van der Waals surface area contributed by atoms with Gasteiger partial charge in [0.15, 0.2) is 0 Å². The highest BCUT2D eigenvalue weighted by Crippen LogP contribution is 2.26. The van der Waals surface area contributed by atoms with Gasteiger partial charge in [-0.3, -0.25) is 0 Å². The highest BCUT2D eigenvalue weighted by Gasteiger charge is 2.14. The number of aryl methyl sites for hydroxylation is 1. The highest BCUT2D eigenvalue weighted by molar-refractivity contribution is 7.80. The van der Waals surface area contributed by atoms with Gasteiger partial charge in [0, 0.05) is 0 Å². The van der Waals surface area contributed by atoms with Crippen molar-refractivity contribution in [2.45, 2.75) is 51.9 Å². The van der Waals surface area contributed by atoms with Crippen LogP contribution in [0, 0.1) is 6.92 Å². The Labute approximate surface area is 242 Å². The third-order valence-electron chi connectivity index (χ3n) is 6.13. The quantitative estimate of drug-likeness (QED) is 0.0590. The molecule has 0 N–H and O–H groups in total. The molecule has 0 saturated heterocycles. The minimum atomic E-state index is -0.485. The van der Waals surface area contributed by atoms with Crippen molar-refractivity contribution in [3.8, 4) is 23.0 Å². The third-order valence-corrected chi connectivity index (χ3v) is 6.45. The molecule has 0 heterocycles. The monoisotopic (exact) mass is 562 g/mol. The van der Waals surface area contributed by atoms with E-state index in [0.717, 1.165) is 56.4 Å². The normalized spacial score (nSPS) is 10.6. The van der Waals surface area contributed by atoms with Crippen molar-refractivity contribution >= 4 is 24.6 Å². The smallest absolute Gasteiger partial charge is 0.343 e. The maximum absolute atomic E-state index is 12.7. The van der Waals surface area contributed by atoms with Crippen LogP contribution in [0.25, 0.3) is 0 Å². The first kappa shape index (κ1) is 30.8. The van der Waals surface area contributed by atoms with Crippen molar-refractivity contribution in [3.05, 3.63) is 96.1 Å². The van der Waals surface area contributed by atoms with Crippen LogP contribution < -0.4 is 18.9 Å². The number of unbranched alkanes of at least 4 members (excludes halogenated alkanes) is 5. The standard InChI is InChI=1S/C33H38O6S/c1-3-4-5-8-21-36-28-15-11-26(12-16-28)32(34)38-30-19-20-31(25(2)24-30)39-33(35)27-13-17-29(18-14-27)37-22-9-6-7-10-23-40/h3,11-20,24,40H,1,4-10,21-23H2,2H3. The van der Waals surface area contributed by atoms with Gasteiger partial charge < -0.3 is 18.9 Å². The van der Waals surface area contributed by atoms with Gasteiger partial charge in [-0.05, 0) is 117 Å². The molecule has 0 radical (unpaired) electrons. The molecule has 0 unspecified atom stereocenters. The van der Waals surface area contributed by atoms with Gasteiger partial charge >= 0.3 is 11.9 Å². The van der Waals surface area contributed by atoms with E-state index < -0.39 is 11.9 Å². The molecule has 3 aromatic rings. The minimum Gasteiger partial charge on any atom is -0.494 e. The van der Waals surface area contributed by atoms with Crippen molar-refractivity contribution in [1.29, 1.82) is 0 Å². The first-order valence-electron chi connectivity index (χ1n) is 13.7. The predicted molar refractivity (Wildman–Crippen MR) is 161 cm³/mol. The van der Waals surface area contributed by atoms with Gasteiger partial charge in [-0.25, -0.2) is 9.59 Å². The minimum absolute atomic E-state index is 0.358. The summed E-state index contributed by atoms with van der Waals surface area (Å²) in [5.41, 5.74) is 1.49. The Bertz CT molecular complexity index is 1220. The summed E-state index contributed by atoms with van der Waals surface area (Å²) in [4.78, 5) is 25.3. The van der Waals surface area contributed by atoms with Crippen molar-refractivity contribution in [3.63, 3.8) is 0 Å². The molecule has 3 aromatic carbocycles. The molecule has 0 aromatic heterocycles. The predicted octanol–water partition coefficient (Wildman–Crippen LogP) is 8.04. The number of rotatable bonds is 17. The number of carbonyl (C=O) groups is 2. The van der Waals surface area contributed by atoms with Crippen LogP contribution in [0.1, 0.15) is 71.2 Å². The van der Waals surface area contributed by atoms with Crippen molar-refractivity contribution in [1.82, 2.24) is 0 Å². The fourth-order valence-corrected chi connectivity index (χ4v) is 4.06. The molecule has 0 aliphatic heterocycles. The average Bonchev–Trinajstić information content (AvgIpc) is 2.97. The molecule has 0 aliphatic rings. The van der Waals surface area contributed by atoms with Crippen LogP contribution in [-0.4, -0.2) is 30.9 Å². The number of hydrogen-bond acceptors (Lipinski definition) is 7. The number of ether oxygens (including phenoxy) is 4. The fraction of sp³-hybridized carbons (Fsp3) is 0.333. The highest BCUT2D eigenvalue weighted by atomic mass is 32.1. The number of esters is 2. The lowest BCUT2D eigenvalue weighted by atomic mass is 10.2. The van der Waals surface area contributed by atoms with E-state index in [4.69, 9.17) is 18.9 Å². The van der Waals surface area contributed by atoms with Gasteiger partial charge in [-0.15, -0.1) is 6.58 Å². The van der Waals surface area contributed by atoms with Gasteiger partial charge in [0.2, 0.25) is 0 Å². The van der Waals surface area contributed by atoms with Gasteiger partial charge in [-0.2, -0.15) is 12.6 Å². The molecule has 0 bridgehead atoms. The lowest BCUT2D eigenvalue weighted by molar-refractivity contribution is 0.0718. The van der Waals surface area contributed by atoms with E-state index in [9.17, 15) is 9.59 Å². The third kappa shape index (κ3) is 10.5. The molecule has 6 nitrogen and oxygen atoms in total. The zero-order valence-corrected chi connectivity index (χ0v) is 24.0. The summed E-state index contributed by atoms with van der Waals surface area (Å²) in [6, 6.07) is 18.6. The molecule has 0 fully saturated rings. The molecule has 0 saturated carbocycles. The summed E-state index contributed by atoms with van der Waals surface area (Å²) in [5.74, 6) is 2.12. The number of carbonyl (C=O) groups excluding carboxylic acids is 2. The van der Waals surface area contributed by atoms with Crippen LogP contribution in [0.3, 0.4) is 0 Å². The molecule has 0 amide bonds. The Hall–Kier alpha value is -3.71. The second kappa shape index (κ2) is 17.1. The van der Waals surface area contributed by atoms with E-state index in [2.05, 4.69) is 19.2 Å². The zero-order chi connectivity index (χ0) is 28.6. The van der Waals surface area contributed by atoms with Gasteiger partial charge in [-0.1, -0.05) is 18.9 Å². The lowest BCUT2D eigenvalue weighted by Crippen LogP contribution is -2.10.